The molecule has 0 bridgehead atoms. The quantitative estimate of drug-likeness (QED) is 0.175. The monoisotopic (exact) mass is 742 g/mol. The lowest BCUT2D eigenvalue weighted by Crippen LogP contribution is -2.16. The van der Waals surface area contributed by atoms with E-state index in [1.165, 1.54) is 72.0 Å². The van der Waals surface area contributed by atoms with Crippen LogP contribution in [0.15, 0.2) is 182 Å². The van der Waals surface area contributed by atoms with Crippen molar-refractivity contribution in [3.8, 4) is 78.4 Å². The molecule has 1 aromatic heterocycles. The van der Waals surface area contributed by atoms with Gasteiger partial charge in [0.25, 0.3) is 0 Å². The van der Waals surface area contributed by atoms with Crippen molar-refractivity contribution in [3.05, 3.63) is 204 Å². The molecule has 11 rings (SSSR count). The van der Waals surface area contributed by atoms with Crippen molar-refractivity contribution in [1.29, 1.82) is 0 Å². The molecule has 0 unspecified atom stereocenters. The molecule has 0 saturated heterocycles. The number of hydrogen-bond donors (Lipinski definition) is 0. The first-order valence-corrected chi connectivity index (χ1v) is 20.3. The standard InChI is InChI=1S/C56H42N2/c1-55(2)48-31-17-27-43(52(48)46-32-36-20-8-9-21-37(36)33-49(46)55)38-22-10-12-25-41(38)50-34-51(58-54(57-50)35-18-6-5-7-19-35)42-26-13-11-23-39(42)44-28-16-29-45-40-24-14-15-30-47(40)56(3,4)53(44)45/h5-34H,1-4H3. The van der Waals surface area contributed by atoms with Crippen LogP contribution in [0.3, 0.4) is 0 Å². The second-order valence-electron chi connectivity index (χ2n) is 16.9. The highest BCUT2D eigenvalue weighted by molar-refractivity contribution is 6.01. The third-order valence-corrected chi connectivity index (χ3v) is 12.9. The lowest BCUT2D eigenvalue weighted by Gasteiger charge is -2.25. The molecule has 8 aromatic carbocycles. The van der Waals surface area contributed by atoms with E-state index in [0.29, 0.717) is 5.82 Å². The first-order valence-electron chi connectivity index (χ1n) is 20.3. The van der Waals surface area contributed by atoms with E-state index in [4.69, 9.17) is 9.97 Å². The minimum atomic E-state index is -0.157. The molecular formula is C56H42N2. The summed E-state index contributed by atoms with van der Waals surface area (Å²) in [4.78, 5) is 10.8. The van der Waals surface area contributed by atoms with Crippen LogP contribution in [-0.4, -0.2) is 9.97 Å². The van der Waals surface area contributed by atoms with Gasteiger partial charge in [-0.3, -0.25) is 0 Å². The van der Waals surface area contributed by atoms with E-state index in [9.17, 15) is 0 Å². The molecule has 0 fully saturated rings. The van der Waals surface area contributed by atoms with Gasteiger partial charge in [0.2, 0.25) is 0 Å². The highest BCUT2D eigenvalue weighted by Gasteiger charge is 2.39. The first-order chi connectivity index (χ1) is 28.3. The van der Waals surface area contributed by atoms with Gasteiger partial charge in [-0.25, -0.2) is 9.97 Å². The molecule has 0 radical (unpaired) electrons. The highest BCUT2D eigenvalue weighted by Crippen LogP contribution is 2.55. The van der Waals surface area contributed by atoms with Crippen molar-refractivity contribution in [3.63, 3.8) is 0 Å². The fraction of sp³-hybridized carbons (Fsp3) is 0.107. The van der Waals surface area contributed by atoms with Crippen molar-refractivity contribution in [2.24, 2.45) is 0 Å². The Morgan fingerprint density at radius 2 is 0.810 bits per heavy atom. The zero-order valence-corrected chi connectivity index (χ0v) is 33.2. The van der Waals surface area contributed by atoms with E-state index in [1.54, 1.807) is 0 Å². The van der Waals surface area contributed by atoms with Crippen molar-refractivity contribution < 1.29 is 0 Å². The van der Waals surface area contributed by atoms with Gasteiger partial charge in [-0.05, 0) is 95.7 Å². The summed E-state index contributed by atoms with van der Waals surface area (Å²) in [7, 11) is 0. The Hall–Kier alpha value is -6.90. The van der Waals surface area contributed by atoms with Crippen LogP contribution < -0.4 is 0 Å². The minimum absolute atomic E-state index is 0.139. The van der Waals surface area contributed by atoms with Crippen LogP contribution in [0.2, 0.25) is 0 Å². The van der Waals surface area contributed by atoms with Gasteiger partial charge in [0.1, 0.15) is 0 Å². The topological polar surface area (TPSA) is 25.8 Å². The Balaban J connectivity index is 1.13. The first kappa shape index (κ1) is 34.4. The van der Waals surface area contributed by atoms with Crippen molar-refractivity contribution >= 4 is 10.8 Å². The number of aromatic nitrogens is 2. The molecule has 2 aliphatic carbocycles. The normalized spacial score (nSPS) is 14.1. The molecule has 0 amide bonds. The zero-order chi connectivity index (χ0) is 39.2. The van der Waals surface area contributed by atoms with Gasteiger partial charge in [-0.1, -0.05) is 191 Å². The van der Waals surface area contributed by atoms with Crippen LogP contribution in [0.25, 0.3) is 89.2 Å². The molecule has 0 N–H and O–H groups in total. The molecule has 0 aliphatic heterocycles. The smallest absolute Gasteiger partial charge is 0.160 e. The van der Waals surface area contributed by atoms with Gasteiger partial charge in [-0.15, -0.1) is 0 Å². The van der Waals surface area contributed by atoms with Crippen LogP contribution >= 0.6 is 0 Å². The van der Waals surface area contributed by atoms with E-state index >= 15 is 0 Å². The summed E-state index contributed by atoms with van der Waals surface area (Å²) >= 11 is 0. The van der Waals surface area contributed by atoms with E-state index in [-0.39, 0.29) is 10.8 Å². The summed E-state index contributed by atoms with van der Waals surface area (Å²) in [6.07, 6.45) is 0. The Morgan fingerprint density at radius 3 is 1.50 bits per heavy atom. The number of fused-ring (bicyclic) bond motifs is 7. The lowest BCUT2D eigenvalue weighted by molar-refractivity contribution is 0.661. The average Bonchev–Trinajstić information content (AvgIpc) is 3.65. The third kappa shape index (κ3) is 5.11. The van der Waals surface area contributed by atoms with Crippen LogP contribution in [0.4, 0.5) is 0 Å². The summed E-state index contributed by atoms with van der Waals surface area (Å²) in [5.74, 6) is 0.708. The van der Waals surface area contributed by atoms with E-state index in [1.807, 2.05) is 6.07 Å². The van der Waals surface area contributed by atoms with Gasteiger partial charge in [0, 0.05) is 27.5 Å². The summed E-state index contributed by atoms with van der Waals surface area (Å²) in [5, 5.41) is 2.54. The second-order valence-corrected chi connectivity index (χ2v) is 16.9. The maximum absolute atomic E-state index is 5.39. The molecule has 2 nitrogen and oxygen atoms in total. The highest BCUT2D eigenvalue weighted by atomic mass is 14.9. The van der Waals surface area contributed by atoms with Crippen molar-refractivity contribution in [1.82, 2.24) is 9.97 Å². The average molecular weight is 743 g/mol. The van der Waals surface area contributed by atoms with E-state index in [2.05, 4.69) is 204 Å². The number of nitrogens with zero attached hydrogens (tertiary/aromatic N) is 2. The molecule has 1 heterocycles. The van der Waals surface area contributed by atoms with Crippen LogP contribution in [0.1, 0.15) is 49.9 Å². The summed E-state index contributed by atoms with van der Waals surface area (Å²) < 4.78 is 0. The number of rotatable bonds is 5. The Labute approximate surface area is 340 Å². The van der Waals surface area contributed by atoms with Gasteiger partial charge in [0.05, 0.1) is 11.4 Å². The summed E-state index contributed by atoms with van der Waals surface area (Å²) in [6, 6.07) is 66.2. The van der Waals surface area contributed by atoms with Crippen LogP contribution in [0.5, 0.6) is 0 Å². The molecule has 0 spiro atoms. The lowest BCUT2D eigenvalue weighted by atomic mass is 9.78. The molecule has 2 aliphatic rings. The summed E-state index contributed by atoms with van der Waals surface area (Å²) in [5.41, 5.74) is 20.2. The molecule has 58 heavy (non-hydrogen) atoms. The SMILES string of the molecule is CC1(C)c2cc3ccccc3cc2-c2c(-c3ccccc3-c3cc(-c4ccccc4-c4cccc5c4C(C)(C)c4ccccc4-5)nc(-c4ccccc4)n3)cccc21. The number of hydrogen-bond acceptors (Lipinski definition) is 2. The minimum Gasteiger partial charge on any atom is -0.228 e. The number of benzene rings is 8. The molecular weight excluding hydrogens is 701 g/mol. The van der Waals surface area contributed by atoms with Crippen molar-refractivity contribution in [2.75, 3.05) is 0 Å². The van der Waals surface area contributed by atoms with Crippen LogP contribution in [-0.2, 0) is 10.8 Å². The fourth-order valence-electron chi connectivity index (χ4n) is 10.1. The molecule has 0 atom stereocenters. The van der Waals surface area contributed by atoms with Gasteiger partial charge in [0.15, 0.2) is 5.82 Å². The molecule has 276 valence electrons. The Bertz CT molecular complexity index is 3110. The largest absolute Gasteiger partial charge is 0.228 e. The summed E-state index contributed by atoms with van der Waals surface area (Å²) in [6.45, 7) is 9.45. The maximum atomic E-state index is 5.39. The molecule has 0 saturated carbocycles. The molecule has 2 heteroatoms. The zero-order valence-electron chi connectivity index (χ0n) is 33.2. The predicted octanol–water partition coefficient (Wildman–Crippen LogP) is 14.6. The third-order valence-electron chi connectivity index (χ3n) is 12.9. The molecule has 9 aromatic rings. The Morgan fingerprint density at radius 1 is 0.328 bits per heavy atom. The van der Waals surface area contributed by atoms with E-state index < -0.39 is 0 Å². The maximum Gasteiger partial charge on any atom is 0.160 e. The predicted molar refractivity (Wildman–Crippen MR) is 242 cm³/mol. The van der Waals surface area contributed by atoms with Crippen LogP contribution in [0, 0.1) is 0 Å². The van der Waals surface area contributed by atoms with Gasteiger partial charge in [-0.2, -0.15) is 0 Å². The Kier molecular flexibility index (Phi) is 7.59. The fourth-order valence-corrected chi connectivity index (χ4v) is 10.1. The van der Waals surface area contributed by atoms with Gasteiger partial charge < -0.3 is 0 Å². The second kappa shape index (κ2) is 12.8. The van der Waals surface area contributed by atoms with Gasteiger partial charge >= 0.3 is 0 Å². The van der Waals surface area contributed by atoms with Crippen molar-refractivity contribution in [2.45, 2.75) is 38.5 Å². The van der Waals surface area contributed by atoms with E-state index in [0.717, 1.165) is 33.6 Å².